The number of nitrogens with zero attached hydrogens (tertiary/aromatic N) is 4. The van der Waals surface area contributed by atoms with Gasteiger partial charge in [-0.25, -0.2) is 22.5 Å². The Balaban J connectivity index is 1.50. The number of aryl methyl sites for hydroxylation is 1. The number of amides is 1. The van der Waals surface area contributed by atoms with Crippen molar-refractivity contribution in [3.63, 3.8) is 0 Å². The fourth-order valence-electron chi connectivity index (χ4n) is 4.86. The number of piperidine rings is 1. The van der Waals surface area contributed by atoms with E-state index in [4.69, 9.17) is 11.6 Å². The third-order valence-corrected chi connectivity index (χ3v) is 8.68. The first-order chi connectivity index (χ1) is 18.7. The van der Waals surface area contributed by atoms with Crippen molar-refractivity contribution >= 4 is 44.7 Å². The fourth-order valence-corrected chi connectivity index (χ4v) is 6.19. The van der Waals surface area contributed by atoms with Gasteiger partial charge in [-0.05, 0) is 67.1 Å². The predicted molar refractivity (Wildman–Crippen MR) is 148 cm³/mol. The molecule has 1 fully saturated rings. The van der Waals surface area contributed by atoms with E-state index in [2.05, 4.69) is 20.1 Å². The molecule has 0 radical (unpaired) electrons. The highest BCUT2D eigenvalue weighted by atomic mass is 35.5. The summed E-state index contributed by atoms with van der Waals surface area (Å²) in [6, 6.07) is 11.8. The normalized spacial score (nSPS) is 14.6. The van der Waals surface area contributed by atoms with Gasteiger partial charge in [0, 0.05) is 36.5 Å². The molecule has 2 N–H and O–H groups in total. The number of likely N-dealkylation sites (tertiary alicyclic amines) is 1. The summed E-state index contributed by atoms with van der Waals surface area (Å²) < 4.78 is 42.7. The molecule has 0 atom stereocenters. The SMILES string of the molecule is CCNS(=O)(=O)c1cnn2c(Nc3ccc(Cl)cc3C)c(C(=O)N3CCC(c4ccc(F)cc4)CC3)cnc12. The van der Waals surface area contributed by atoms with E-state index in [0.717, 1.165) is 24.0 Å². The van der Waals surface area contributed by atoms with Crippen molar-refractivity contribution in [1.29, 1.82) is 0 Å². The minimum absolute atomic E-state index is 0.0839. The number of aromatic nitrogens is 3. The van der Waals surface area contributed by atoms with Crippen LogP contribution in [0.4, 0.5) is 15.9 Å². The zero-order valence-electron chi connectivity index (χ0n) is 21.5. The number of fused-ring (bicyclic) bond motifs is 1. The van der Waals surface area contributed by atoms with Crippen molar-refractivity contribution in [2.75, 3.05) is 25.0 Å². The smallest absolute Gasteiger partial charge is 0.259 e. The molecule has 204 valence electrons. The summed E-state index contributed by atoms with van der Waals surface area (Å²) in [7, 11) is -3.85. The van der Waals surface area contributed by atoms with E-state index in [-0.39, 0.29) is 40.3 Å². The van der Waals surface area contributed by atoms with Crippen LogP contribution in [0.3, 0.4) is 0 Å². The van der Waals surface area contributed by atoms with Gasteiger partial charge in [0.05, 0.1) is 6.20 Å². The number of nitrogens with one attached hydrogen (secondary N) is 2. The van der Waals surface area contributed by atoms with Gasteiger partial charge in [0.1, 0.15) is 22.1 Å². The number of rotatable bonds is 7. The van der Waals surface area contributed by atoms with E-state index in [0.29, 0.717) is 29.6 Å². The minimum atomic E-state index is -3.85. The molecule has 12 heteroatoms. The van der Waals surface area contributed by atoms with Crippen molar-refractivity contribution in [1.82, 2.24) is 24.2 Å². The predicted octanol–water partition coefficient (Wildman–Crippen LogP) is 4.89. The van der Waals surface area contributed by atoms with Crippen LogP contribution in [0.1, 0.15) is 47.2 Å². The summed E-state index contributed by atoms with van der Waals surface area (Å²) in [6.45, 7) is 4.79. The molecule has 0 aliphatic carbocycles. The van der Waals surface area contributed by atoms with E-state index in [9.17, 15) is 17.6 Å². The van der Waals surface area contributed by atoms with Crippen LogP contribution in [0, 0.1) is 12.7 Å². The van der Waals surface area contributed by atoms with E-state index in [1.165, 1.54) is 29.0 Å². The molecule has 0 bridgehead atoms. The van der Waals surface area contributed by atoms with E-state index in [1.807, 2.05) is 6.92 Å². The number of carbonyl (C=O) groups is 1. The maximum absolute atomic E-state index is 13.8. The van der Waals surface area contributed by atoms with Crippen LogP contribution >= 0.6 is 11.6 Å². The summed E-state index contributed by atoms with van der Waals surface area (Å²) >= 11 is 6.14. The topological polar surface area (TPSA) is 109 Å². The van der Waals surface area contributed by atoms with Gasteiger partial charge >= 0.3 is 0 Å². The molecule has 2 aromatic carbocycles. The van der Waals surface area contributed by atoms with Crippen molar-refractivity contribution in [3.05, 3.63) is 82.4 Å². The molecule has 1 aliphatic heterocycles. The van der Waals surface area contributed by atoms with Gasteiger partial charge in [-0.1, -0.05) is 30.7 Å². The molecule has 2 aromatic heterocycles. The largest absolute Gasteiger partial charge is 0.339 e. The van der Waals surface area contributed by atoms with Crippen LogP contribution in [0.25, 0.3) is 5.65 Å². The molecule has 4 aromatic rings. The summed E-state index contributed by atoms with van der Waals surface area (Å²) in [5.41, 5.74) is 2.92. The van der Waals surface area contributed by atoms with Crippen LogP contribution in [0.15, 0.2) is 59.8 Å². The second-order valence-electron chi connectivity index (χ2n) is 9.47. The van der Waals surface area contributed by atoms with E-state index in [1.54, 1.807) is 42.2 Å². The fraction of sp³-hybridized carbons (Fsp3) is 0.296. The van der Waals surface area contributed by atoms with Crippen LogP contribution in [0.2, 0.25) is 5.02 Å². The number of hydrogen-bond acceptors (Lipinski definition) is 6. The van der Waals surface area contributed by atoms with E-state index < -0.39 is 10.0 Å². The first-order valence-electron chi connectivity index (χ1n) is 12.6. The van der Waals surface area contributed by atoms with Crippen LogP contribution in [-0.2, 0) is 10.0 Å². The molecule has 1 aliphatic rings. The maximum Gasteiger partial charge on any atom is 0.259 e. The number of benzene rings is 2. The van der Waals surface area contributed by atoms with Gasteiger partial charge in [-0.15, -0.1) is 0 Å². The summed E-state index contributed by atoms with van der Waals surface area (Å²) in [5.74, 6) is 0.0106. The third kappa shape index (κ3) is 5.47. The Bertz CT molecular complexity index is 1630. The second kappa shape index (κ2) is 10.9. The highest BCUT2D eigenvalue weighted by molar-refractivity contribution is 7.89. The van der Waals surface area contributed by atoms with Crippen molar-refractivity contribution in [2.45, 2.75) is 37.5 Å². The monoisotopic (exact) mass is 570 g/mol. The molecule has 0 unspecified atom stereocenters. The Kier molecular flexibility index (Phi) is 7.57. The number of sulfonamides is 1. The lowest BCUT2D eigenvalue weighted by molar-refractivity contribution is 0.0713. The van der Waals surface area contributed by atoms with Gasteiger partial charge in [0.25, 0.3) is 5.91 Å². The molecule has 0 saturated carbocycles. The Morgan fingerprint density at radius 3 is 2.51 bits per heavy atom. The maximum atomic E-state index is 13.8. The molecule has 0 spiro atoms. The van der Waals surface area contributed by atoms with Crippen molar-refractivity contribution < 1.29 is 17.6 Å². The molecule has 1 saturated heterocycles. The zero-order chi connectivity index (χ0) is 27.7. The van der Waals surface area contributed by atoms with Crippen LogP contribution in [0.5, 0.6) is 0 Å². The highest BCUT2D eigenvalue weighted by Gasteiger charge is 2.29. The Hall–Kier alpha value is -3.54. The molecular weight excluding hydrogens is 543 g/mol. The Morgan fingerprint density at radius 2 is 1.85 bits per heavy atom. The lowest BCUT2D eigenvalue weighted by Crippen LogP contribution is -2.38. The molecule has 5 rings (SSSR count). The van der Waals surface area contributed by atoms with E-state index >= 15 is 0 Å². The van der Waals surface area contributed by atoms with Crippen molar-refractivity contribution in [3.8, 4) is 0 Å². The molecule has 9 nitrogen and oxygen atoms in total. The molecular formula is C27H28ClFN6O3S. The van der Waals surface area contributed by atoms with Gasteiger partial charge in [-0.2, -0.15) is 9.61 Å². The first-order valence-corrected chi connectivity index (χ1v) is 14.5. The lowest BCUT2D eigenvalue weighted by Gasteiger charge is -2.32. The highest BCUT2D eigenvalue weighted by Crippen LogP contribution is 2.32. The molecule has 39 heavy (non-hydrogen) atoms. The van der Waals surface area contributed by atoms with Gasteiger partial charge in [-0.3, -0.25) is 4.79 Å². The Labute approximate surface area is 231 Å². The average Bonchev–Trinajstić information content (AvgIpc) is 3.36. The number of hydrogen-bond donors (Lipinski definition) is 2. The quantitative estimate of drug-likeness (QED) is 0.327. The first kappa shape index (κ1) is 27.0. The number of halogens is 2. The minimum Gasteiger partial charge on any atom is -0.339 e. The average molecular weight is 571 g/mol. The summed E-state index contributed by atoms with van der Waals surface area (Å²) in [5, 5.41) is 8.14. The second-order valence-corrected chi connectivity index (χ2v) is 11.6. The summed E-state index contributed by atoms with van der Waals surface area (Å²) in [6.07, 6.45) is 4.09. The van der Waals surface area contributed by atoms with Crippen molar-refractivity contribution in [2.24, 2.45) is 0 Å². The molecule has 1 amide bonds. The van der Waals surface area contributed by atoms with Crippen LogP contribution < -0.4 is 10.0 Å². The zero-order valence-corrected chi connectivity index (χ0v) is 23.1. The van der Waals surface area contributed by atoms with Gasteiger partial charge < -0.3 is 10.2 Å². The number of anilines is 2. The molecule has 3 heterocycles. The van der Waals surface area contributed by atoms with Crippen LogP contribution in [-0.4, -0.2) is 53.5 Å². The van der Waals surface area contributed by atoms with Gasteiger partial charge in [0.2, 0.25) is 10.0 Å². The summed E-state index contributed by atoms with van der Waals surface area (Å²) in [4.78, 5) is 19.8. The van der Waals surface area contributed by atoms with Gasteiger partial charge in [0.15, 0.2) is 5.65 Å². The standard InChI is InChI=1S/C27H28ClFN6O3S/c1-3-32-39(37,38)24-16-31-35-25(33-23-9-6-20(28)14-17(23)2)22(15-30-26(24)35)27(36)34-12-10-19(11-13-34)18-4-7-21(29)8-5-18/h4-9,14-16,19,32-33H,3,10-13H2,1-2H3. The number of carbonyl (C=O) groups excluding carboxylic acids is 1. The Morgan fingerprint density at radius 1 is 1.13 bits per heavy atom. The lowest BCUT2D eigenvalue weighted by atomic mass is 9.89. The third-order valence-electron chi connectivity index (χ3n) is 6.91.